The third-order valence-corrected chi connectivity index (χ3v) is 3.10. The molecular formula is C12H17NO. The number of hydrogen-bond acceptors (Lipinski definition) is 2. The summed E-state index contributed by atoms with van der Waals surface area (Å²) in [5.41, 5.74) is 10.8. The lowest BCUT2D eigenvalue weighted by atomic mass is 9.87. The second-order valence-corrected chi connectivity index (χ2v) is 3.97. The van der Waals surface area contributed by atoms with Gasteiger partial charge in [-0.05, 0) is 55.4 Å². The Morgan fingerprint density at radius 2 is 2.00 bits per heavy atom. The van der Waals surface area contributed by atoms with Gasteiger partial charge in [0.15, 0.2) is 0 Å². The summed E-state index contributed by atoms with van der Waals surface area (Å²) in [5.74, 6) is 0.866. The molecule has 1 aliphatic rings. The minimum Gasteiger partial charge on any atom is -0.494 e. The summed E-state index contributed by atoms with van der Waals surface area (Å²) in [6.07, 6.45) is 4.93. The van der Waals surface area contributed by atoms with Crippen LogP contribution in [0.2, 0.25) is 0 Å². The van der Waals surface area contributed by atoms with E-state index in [4.69, 9.17) is 10.5 Å². The molecule has 76 valence electrons. The van der Waals surface area contributed by atoms with E-state index in [1.165, 1.54) is 42.4 Å². The van der Waals surface area contributed by atoms with E-state index in [-0.39, 0.29) is 0 Å². The Labute approximate surface area is 85.1 Å². The van der Waals surface area contributed by atoms with Crippen molar-refractivity contribution in [2.24, 2.45) is 0 Å². The Hall–Kier alpha value is -1.18. The lowest BCUT2D eigenvalue weighted by Gasteiger charge is -2.21. The van der Waals surface area contributed by atoms with E-state index in [0.29, 0.717) is 0 Å². The van der Waals surface area contributed by atoms with Crippen LogP contribution in [0.25, 0.3) is 0 Å². The first-order valence-corrected chi connectivity index (χ1v) is 5.19. The molecule has 1 aliphatic carbocycles. The van der Waals surface area contributed by atoms with E-state index in [0.717, 1.165) is 11.4 Å². The molecule has 2 N–H and O–H groups in total. The predicted octanol–water partition coefficient (Wildman–Crippen LogP) is 2.46. The van der Waals surface area contributed by atoms with Gasteiger partial charge >= 0.3 is 0 Å². The van der Waals surface area contributed by atoms with Crippen LogP contribution in [0, 0.1) is 6.92 Å². The number of aryl methyl sites for hydroxylation is 1. The van der Waals surface area contributed by atoms with Crippen molar-refractivity contribution in [1.82, 2.24) is 0 Å². The van der Waals surface area contributed by atoms with Crippen molar-refractivity contribution >= 4 is 5.69 Å². The summed E-state index contributed by atoms with van der Waals surface area (Å²) in [5, 5.41) is 0. The fourth-order valence-corrected chi connectivity index (χ4v) is 2.39. The van der Waals surface area contributed by atoms with Crippen LogP contribution in [-0.2, 0) is 12.8 Å². The van der Waals surface area contributed by atoms with Crippen molar-refractivity contribution in [1.29, 1.82) is 0 Å². The number of methoxy groups -OCH3 is 1. The Balaban J connectivity index is 2.57. The highest BCUT2D eigenvalue weighted by atomic mass is 16.5. The first kappa shape index (κ1) is 9.38. The van der Waals surface area contributed by atoms with Crippen molar-refractivity contribution in [2.45, 2.75) is 32.6 Å². The molecule has 2 heteroatoms. The zero-order valence-electron chi connectivity index (χ0n) is 8.89. The maximum absolute atomic E-state index is 5.93. The first-order valence-electron chi connectivity index (χ1n) is 5.19. The Kier molecular flexibility index (Phi) is 2.36. The van der Waals surface area contributed by atoms with Gasteiger partial charge in [-0.3, -0.25) is 0 Å². The first-order chi connectivity index (χ1) is 6.74. The summed E-state index contributed by atoms with van der Waals surface area (Å²) in [4.78, 5) is 0. The maximum atomic E-state index is 5.93. The minimum absolute atomic E-state index is 0.783. The Morgan fingerprint density at radius 3 is 2.71 bits per heavy atom. The standard InChI is InChI=1S/C12H17NO/c1-8-10-6-4-3-5-9(10)7-11(13)12(8)14-2/h7H,3-6,13H2,1-2H3. The van der Waals surface area contributed by atoms with Gasteiger partial charge in [0, 0.05) is 0 Å². The van der Waals surface area contributed by atoms with Crippen molar-refractivity contribution in [3.63, 3.8) is 0 Å². The van der Waals surface area contributed by atoms with E-state index >= 15 is 0 Å². The molecule has 1 aromatic carbocycles. The van der Waals surface area contributed by atoms with Gasteiger partial charge in [-0.2, -0.15) is 0 Å². The van der Waals surface area contributed by atoms with Crippen molar-refractivity contribution in [2.75, 3.05) is 12.8 Å². The highest BCUT2D eigenvalue weighted by molar-refractivity contribution is 5.62. The van der Waals surface area contributed by atoms with Gasteiger partial charge in [-0.1, -0.05) is 0 Å². The van der Waals surface area contributed by atoms with Crippen LogP contribution in [0.5, 0.6) is 5.75 Å². The van der Waals surface area contributed by atoms with Gasteiger partial charge in [-0.15, -0.1) is 0 Å². The van der Waals surface area contributed by atoms with Crippen LogP contribution in [-0.4, -0.2) is 7.11 Å². The number of rotatable bonds is 1. The van der Waals surface area contributed by atoms with E-state index in [9.17, 15) is 0 Å². The number of benzene rings is 1. The van der Waals surface area contributed by atoms with Crippen molar-refractivity contribution < 1.29 is 4.74 Å². The minimum atomic E-state index is 0.783. The van der Waals surface area contributed by atoms with E-state index in [2.05, 4.69) is 13.0 Å². The molecule has 0 radical (unpaired) electrons. The van der Waals surface area contributed by atoms with Gasteiger partial charge in [0.05, 0.1) is 12.8 Å². The van der Waals surface area contributed by atoms with Crippen molar-refractivity contribution in [3.05, 3.63) is 22.8 Å². The molecule has 0 atom stereocenters. The molecule has 14 heavy (non-hydrogen) atoms. The monoisotopic (exact) mass is 191 g/mol. The molecule has 0 heterocycles. The average Bonchev–Trinajstić information content (AvgIpc) is 2.18. The molecule has 0 saturated heterocycles. The molecule has 0 fully saturated rings. The van der Waals surface area contributed by atoms with Crippen LogP contribution in [0.1, 0.15) is 29.5 Å². The molecule has 2 rings (SSSR count). The predicted molar refractivity (Wildman–Crippen MR) is 58.8 cm³/mol. The normalized spacial score (nSPS) is 15.0. The number of fused-ring (bicyclic) bond motifs is 1. The SMILES string of the molecule is COc1c(N)cc2c(c1C)CCCC2. The number of ether oxygens (including phenoxy) is 1. The summed E-state index contributed by atoms with van der Waals surface area (Å²) < 4.78 is 5.32. The van der Waals surface area contributed by atoms with Crippen LogP contribution >= 0.6 is 0 Å². The largest absolute Gasteiger partial charge is 0.494 e. The molecular weight excluding hydrogens is 174 g/mol. The Bertz CT molecular complexity index is 358. The molecule has 0 bridgehead atoms. The van der Waals surface area contributed by atoms with E-state index in [1.54, 1.807) is 7.11 Å². The Morgan fingerprint density at radius 1 is 1.29 bits per heavy atom. The van der Waals surface area contributed by atoms with E-state index < -0.39 is 0 Å². The summed E-state index contributed by atoms with van der Waals surface area (Å²) >= 11 is 0. The zero-order valence-corrected chi connectivity index (χ0v) is 8.89. The second-order valence-electron chi connectivity index (χ2n) is 3.97. The van der Waals surface area contributed by atoms with Crippen LogP contribution in [0.3, 0.4) is 0 Å². The summed E-state index contributed by atoms with van der Waals surface area (Å²) in [6, 6.07) is 2.08. The molecule has 0 spiro atoms. The third kappa shape index (κ3) is 1.35. The topological polar surface area (TPSA) is 35.2 Å². The van der Waals surface area contributed by atoms with Crippen LogP contribution in [0.15, 0.2) is 6.07 Å². The lowest BCUT2D eigenvalue weighted by Crippen LogP contribution is -2.08. The number of nitrogens with two attached hydrogens (primary N) is 1. The molecule has 1 aromatic rings. The second kappa shape index (κ2) is 3.52. The molecule has 0 aliphatic heterocycles. The maximum Gasteiger partial charge on any atom is 0.144 e. The lowest BCUT2D eigenvalue weighted by molar-refractivity contribution is 0.412. The smallest absolute Gasteiger partial charge is 0.144 e. The fourth-order valence-electron chi connectivity index (χ4n) is 2.39. The average molecular weight is 191 g/mol. The molecule has 0 unspecified atom stereocenters. The number of anilines is 1. The summed E-state index contributed by atoms with van der Waals surface area (Å²) in [7, 11) is 1.69. The molecule has 0 amide bonds. The van der Waals surface area contributed by atoms with Gasteiger partial charge in [0.2, 0.25) is 0 Å². The molecule has 0 aromatic heterocycles. The quantitative estimate of drug-likeness (QED) is 0.692. The van der Waals surface area contributed by atoms with Gasteiger partial charge in [-0.25, -0.2) is 0 Å². The third-order valence-electron chi connectivity index (χ3n) is 3.10. The number of nitrogen functional groups attached to an aromatic ring is 1. The van der Waals surface area contributed by atoms with Gasteiger partial charge in [0.1, 0.15) is 5.75 Å². The van der Waals surface area contributed by atoms with E-state index in [1.807, 2.05) is 0 Å². The molecule has 0 saturated carbocycles. The van der Waals surface area contributed by atoms with Gasteiger partial charge in [0.25, 0.3) is 0 Å². The summed E-state index contributed by atoms with van der Waals surface area (Å²) in [6.45, 7) is 2.11. The van der Waals surface area contributed by atoms with Gasteiger partial charge < -0.3 is 10.5 Å². The zero-order chi connectivity index (χ0) is 10.1. The highest BCUT2D eigenvalue weighted by Gasteiger charge is 2.16. The number of hydrogen-bond donors (Lipinski definition) is 1. The van der Waals surface area contributed by atoms with Crippen LogP contribution < -0.4 is 10.5 Å². The van der Waals surface area contributed by atoms with Crippen LogP contribution in [0.4, 0.5) is 5.69 Å². The fraction of sp³-hybridized carbons (Fsp3) is 0.500. The van der Waals surface area contributed by atoms with Crippen molar-refractivity contribution in [3.8, 4) is 5.75 Å². The molecule has 2 nitrogen and oxygen atoms in total. The highest BCUT2D eigenvalue weighted by Crippen LogP contribution is 2.35.